The molecule has 3 heteroatoms. The van der Waals surface area contributed by atoms with E-state index >= 15 is 0 Å². The normalized spacial score (nSPS) is 10.8. The molecule has 2 aromatic rings. The van der Waals surface area contributed by atoms with Gasteiger partial charge in [-0.25, -0.2) is 0 Å². The monoisotopic (exact) mass is 233 g/mol. The maximum Gasteiger partial charge on any atom is 0.0974 e. The van der Waals surface area contributed by atoms with Gasteiger partial charge < -0.3 is 4.42 Å². The Hall–Kier alpha value is -1.80. The summed E-state index contributed by atoms with van der Waals surface area (Å²) >= 11 is 0. The lowest BCUT2D eigenvalue weighted by Crippen LogP contribution is -1.74. The number of rotatable bonds is 3. The van der Waals surface area contributed by atoms with E-state index in [0.29, 0.717) is 0 Å². The Balaban J connectivity index is 0.00000128. The molecule has 0 radical (unpaired) electrons. The van der Waals surface area contributed by atoms with Gasteiger partial charge in [0, 0.05) is 11.8 Å². The summed E-state index contributed by atoms with van der Waals surface area (Å²) in [5, 5.41) is 0. The van der Waals surface area contributed by atoms with Crippen LogP contribution in [0.4, 0.5) is 0 Å². The molecule has 0 aliphatic rings. The number of hydrogen-bond acceptors (Lipinski definition) is 2. The molecule has 0 spiro atoms. The molecule has 2 heterocycles. The first-order valence-corrected chi connectivity index (χ1v) is 4.73. The van der Waals surface area contributed by atoms with Crippen molar-refractivity contribution in [1.29, 1.82) is 0 Å². The van der Waals surface area contributed by atoms with E-state index in [9.17, 15) is 0 Å². The third-order valence-electron chi connectivity index (χ3n) is 1.90. The van der Waals surface area contributed by atoms with Crippen LogP contribution in [0.15, 0.2) is 59.6 Å². The van der Waals surface area contributed by atoms with E-state index in [-0.39, 0.29) is 12.4 Å². The summed E-state index contributed by atoms with van der Waals surface area (Å²) in [6.45, 7) is 0. The molecule has 0 bridgehead atoms. The lowest BCUT2D eigenvalue weighted by atomic mass is 10.3. The fraction of sp³-hybridized carbons (Fsp3) is 0. The third kappa shape index (κ3) is 3.75. The van der Waals surface area contributed by atoms with Gasteiger partial charge in [-0.15, -0.1) is 12.4 Å². The molecule has 0 N–H and O–H groups in total. The van der Waals surface area contributed by atoms with E-state index in [2.05, 4.69) is 4.98 Å². The van der Waals surface area contributed by atoms with E-state index in [1.807, 2.05) is 48.6 Å². The van der Waals surface area contributed by atoms with Crippen LogP contribution in [-0.2, 0) is 0 Å². The van der Waals surface area contributed by atoms with E-state index in [1.54, 1.807) is 18.7 Å². The fourth-order valence-electron chi connectivity index (χ4n) is 1.17. The molecule has 0 unspecified atom stereocenters. The van der Waals surface area contributed by atoms with Crippen molar-refractivity contribution >= 4 is 24.6 Å². The van der Waals surface area contributed by atoms with Gasteiger partial charge in [0.15, 0.2) is 0 Å². The van der Waals surface area contributed by atoms with Crippen LogP contribution in [-0.4, -0.2) is 4.98 Å². The Morgan fingerprint density at radius 2 is 1.94 bits per heavy atom. The second kappa shape index (κ2) is 6.64. The topological polar surface area (TPSA) is 26.0 Å². The maximum absolute atomic E-state index is 4.94. The molecular weight excluding hydrogens is 222 g/mol. The fourth-order valence-corrected chi connectivity index (χ4v) is 1.17. The predicted molar refractivity (Wildman–Crippen MR) is 68.3 cm³/mol. The molecule has 16 heavy (non-hydrogen) atoms. The van der Waals surface area contributed by atoms with Crippen molar-refractivity contribution in [3.05, 3.63) is 66.4 Å². The van der Waals surface area contributed by atoms with Crippen molar-refractivity contribution < 1.29 is 4.42 Å². The molecule has 0 fully saturated rings. The molecule has 0 amide bonds. The van der Waals surface area contributed by atoms with Crippen LogP contribution in [0.5, 0.6) is 0 Å². The SMILES string of the molecule is C(C=Cc1ccccn1)=Cc1ccoc1.Cl. The lowest BCUT2D eigenvalue weighted by Gasteiger charge is -1.87. The summed E-state index contributed by atoms with van der Waals surface area (Å²) in [7, 11) is 0. The van der Waals surface area contributed by atoms with Gasteiger partial charge in [0.25, 0.3) is 0 Å². The molecule has 0 saturated heterocycles. The van der Waals surface area contributed by atoms with Gasteiger partial charge in [-0.3, -0.25) is 4.98 Å². The highest BCUT2D eigenvalue weighted by atomic mass is 35.5. The van der Waals surface area contributed by atoms with Crippen LogP contribution < -0.4 is 0 Å². The van der Waals surface area contributed by atoms with Gasteiger partial charge in [0.05, 0.1) is 18.2 Å². The molecule has 2 nitrogen and oxygen atoms in total. The Morgan fingerprint density at radius 3 is 2.62 bits per heavy atom. The minimum Gasteiger partial charge on any atom is -0.472 e. The first-order valence-electron chi connectivity index (χ1n) is 4.73. The smallest absolute Gasteiger partial charge is 0.0974 e. The first kappa shape index (κ1) is 12.3. The van der Waals surface area contributed by atoms with Gasteiger partial charge in [-0.1, -0.05) is 24.3 Å². The van der Waals surface area contributed by atoms with Gasteiger partial charge in [0.2, 0.25) is 0 Å². The van der Waals surface area contributed by atoms with Crippen LogP contribution in [0, 0.1) is 0 Å². The second-order valence-corrected chi connectivity index (χ2v) is 3.03. The minimum absolute atomic E-state index is 0. The molecule has 2 aromatic heterocycles. The van der Waals surface area contributed by atoms with Crippen LogP contribution in [0.25, 0.3) is 12.2 Å². The molecule has 0 aromatic carbocycles. The van der Waals surface area contributed by atoms with Crippen molar-refractivity contribution in [2.75, 3.05) is 0 Å². The number of halogens is 1. The Kier molecular flexibility index (Phi) is 5.09. The van der Waals surface area contributed by atoms with Crippen molar-refractivity contribution in [2.24, 2.45) is 0 Å². The summed E-state index contributed by atoms with van der Waals surface area (Å²) in [5.41, 5.74) is 2.01. The van der Waals surface area contributed by atoms with Crippen LogP contribution in [0.2, 0.25) is 0 Å². The summed E-state index contributed by atoms with van der Waals surface area (Å²) in [4.78, 5) is 4.17. The zero-order valence-electron chi connectivity index (χ0n) is 8.61. The van der Waals surface area contributed by atoms with Crippen molar-refractivity contribution in [3.8, 4) is 0 Å². The molecular formula is C13H12ClNO. The quantitative estimate of drug-likeness (QED) is 0.754. The minimum atomic E-state index is 0. The number of nitrogens with zero attached hydrogens (tertiary/aromatic N) is 1. The summed E-state index contributed by atoms with van der Waals surface area (Å²) in [6.07, 6.45) is 13.0. The molecule has 0 aliphatic carbocycles. The number of furan rings is 1. The molecule has 0 aliphatic heterocycles. The standard InChI is InChI=1S/C13H11NO.ClH/c1(5-12-8-10-15-11-12)2-6-13-7-3-4-9-14-13;/h1-11H;1H. The number of aromatic nitrogens is 1. The lowest BCUT2D eigenvalue weighted by molar-refractivity contribution is 0.567. The molecule has 2 rings (SSSR count). The molecule has 0 saturated carbocycles. The van der Waals surface area contributed by atoms with Gasteiger partial charge >= 0.3 is 0 Å². The van der Waals surface area contributed by atoms with Crippen molar-refractivity contribution in [2.45, 2.75) is 0 Å². The highest BCUT2D eigenvalue weighted by molar-refractivity contribution is 5.85. The van der Waals surface area contributed by atoms with Crippen LogP contribution in [0.1, 0.15) is 11.3 Å². The average Bonchev–Trinajstić information content (AvgIpc) is 2.79. The predicted octanol–water partition coefficient (Wildman–Crippen LogP) is 3.82. The Bertz CT molecular complexity index is 446. The maximum atomic E-state index is 4.94. The summed E-state index contributed by atoms with van der Waals surface area (Å²) in [5.74, 6) is 0. The second-order valence-electron chi connectivity index (χ2n) is 3.03. The zero-order valence-corrected chi connectivity index (χ0v) is 9.43. The van der Waals surface area contributed by atoms with E-state index < -0.39 is 0 Å². The van der Waals surface area contributed by atoms with E-state index in [0.717, 1.165) is 11.3 Å². The first-order chi connectivity index (χ1) is 7.45. The number of allylic oxidation sites excluding steroid dienone is 2. The molecule has 0 atom stereocenters. The Morgan fingerprint density at radius 1 is 1.06 bits per heavy atom. The third-order valence-corrected chi connectivity index (χ3v) is 1.90. The zero-order chi connectivity index (χ0) is 10.3. The number of pyridine rings is 1. The number of hydrogen-bond donors (Lipinski definition) is 0. The van der Waals surface area contributed by atoms with Crippen LogP contribution in [0.3, 0.4) is 0 Å². The Labute approximate surface area is 101 Å². The highest BCUT2D eigenvalue weighted by Gasteiger charge is 1.84. The molecule has 82 valence electrons. The van der Waals surface area contributed by atoms with Gasteiger partial charge in [-0.2, -0.15) is 0 Å². The largest absolute Gasteiger partial charge is 0.472 e. The van der Waals surface area contributed by atoms with Crippen molar-refractivity contribution in [3.63, 3.8) is 0 Å². The van der Waals surface area contributed by atoms with E-state index in [4.69, 9.17) is 4.42 Å². The van der Waals surface area contributed by atoms with Gasteiger partial charge in [-0.05, 0) is 24.3 Å². The highest BCUT2D eigenvalue weighted by Crippen LogP contribution is 2.03. The van der Waals surface area contributed by atoms with E-state index in [1.165, 1.54) is 0 Å². The summed E-state index contributed by atoms with van der Waals surface area (Å²) < 4.78 is 4.94. The van der Waals surface area contributed by atoms with Crippen LogP contribution >= 0.6 is 12.4 Å². The summed E-state index contributed by atoms with van der Waals surface area (Å²) in [6, 6.07) is 7.73. The van der Waals surface area contributed by atoms with Crippen molar-refractivity contribution in [1.82, 2.24) is 4.98 Å². The average molecular weight is 234 g/mol. The van der Waals surface area contributed by atoms with Gasteiger partial charge in [0.1, 0.15) is 0 Å².